The summed E-state index contributed by atoms with van der Waals surface area (Å²) in [6, 6.07) is 3.59. The average Bonchev–Trinajstić information content (AvgIpc) is 2.78. The summed E-state index contributed by atoms with van der Waals surface area (Å²) < 4.78 is 0.857. The number of nitrogens with zero attached hydrogens (tertiary/aromatic N) is 4. The van der Waals surface area contributed by atoms with Crippen molar-refractivity contribution in [3.05, 3.63) is 24.0 Å². The number of hydrogen-bond acceptors (Lipinski definition) is 7. The van der Waals surface area contributed by atoms with Crippen LogP contribution in [-0.4, -0.2) is 35.1 Å². The van der Waals surface area contributed by atoms with Crippen molar-refractivity contribution in [2.45, 2.75) is 16.2 Å². The fraction of sp³-hybridized carbons (Fsp3) is 0.273. The molecule has 2 heterocycles. The van der Waals surface area contributed by atoms with Gasteiger partial charge in [0.2, 0.25) is 5.13 Å². The number of anilines is 1. The Morgan fingerprint density at radius 2 is 2.11 bits per heavy atom. The van der Waals surface area contributed by atoms with E-state index in [0.29, 0.717) is 5.69 Å². The van der Waals surface area contributed by atoms with Gasteiger partial charge in [-0.3, -0.25) is 9.78 Å². The standard InChI is InChI=1S/C11H12N4OS2/c1-7(16)9-5-4-8(6-12-9)17-11-14-13-10(18-11)15(2)3/h4-6H,1-3H3. The Kier molecular flexibility index (Phi) is 3.93. The van der Waals surface area contributed by atoms with Gasteiger partial charge in [-0.05, 0) is 12.1 Å². The van der Waals surface area contributed by atoms with E-state index in [2.05, 4.69) is 15.2 Å². The number of carbonyl (C=O) groups is 1. The van der Waals surface area contributed by atoms with Crippen LogP contribution >= 0.6 is 23.1 Å². The number of Topliss-reactive ketones (excluding diaryl/α,β-unsaturated/α-hetero) is 1. The van der Waals surface area contributed by atoms with Gasteiger partial charge in [0.1, 0.15) is 5.69 Å². The van der Waals surface area contributed by atoms with E-state index >= 15 is 0 Å². The van der Waals surface area contributed by atoms with Gasteiger partial charge in [-0.25, -0.2) is 0 Å². The van der Waals surface area contributed by atoms with Crippen LogP contribution in [0.25, 0.3) is 0 Å². The second-order valence-corrected chi connectivity index (χ2v) is 6.06. The highest BCUT2D eigenvalue weighted by Crippen LogP contribution is 2.32. The van der Waals surface area contributed by atoms with Crippen molar-refractivity contribution >= 4 is 34.0 Å². The van der Waals surface area contributed by atoms with Crippen molar-refractivity contribution in [1.29, 1.82) is 0 Å². The Labute approximate surface area is 113 Å². The van der Waals surface area contributed by atoms with E-state index in [1.54, 1.807) is 12.3 Å². The third-order valence-corrected chi connectivity index (χ3v) is 4.20. The zero-order chi connectivity index (χ0) is 13.1. The maximum Gasteiger partial charge on any atom is 0.208 e. The molecule has 94 valence electrons. The van der Waals surface area contributed by atoms with Crippen LogP contribution in [0.15, 0.2) is 27.6 Å². The van der Waals surface area contributed by atoms with Crippen molar-refractivity contribution < 1.29 is 4.79 Å². The molecule has 5 nitrogen and oxygen atoms in total. The normalized spacial score (nSPS) is 10.4. The predicted octanol–water partition coefficient (Wildman–Crippen LogP) is 2.35. The van der Waals surface area contributed by atoms with Gasteiger partial charge in [-0.15, -0.1) is 10.2 Å². The van der Waals surface area contributed by atoms with Gasteiger partial charge in [0.15, 0.2) is 10.1 Å². The lowest BCUT2D eigenvalue weighted by atomic mass is 10.3. The maximum absolute atomic E-state index is 11.1. The second-order valence-electron chi connectivity index (χ2n) is 3.78. The first-order chi connectivity index (χ1) is 8.56. The highest BCUT2D eigenvalue weighted by Gasteiger charge is 2.08. The van der Waals surface area contributed by atoms with Crippen LogP contribution in [0.2, 0.25) is 0 Å². The molecule has 0 aliphatic rings. The van der Waals surface area contributed by atoms with Gasteiger partial charge in [0.05, 0.1) is 0 Å². The topological polar surface area (TPSA) is 59.0 Å². The first kappa shape index (κ1) is 13.0. The number of rotatable bonds is 4. The molecule has 0 fully saturated rings. The summed E-state index contributed by atoms with van der Waals surface area (Å²) >= 11 is 3.01. The minimum atomic E-state index is -0.0302. The van der Waals surface area contributed by atoms with Crippen LogP contribution in [0, 0.1) is 0 Å². The monoisotopic (exact) mass is 280 g/mol. The van der Waals surface area contributed by atoms with Gasteiger partial charge in [0, 0.05) is 32.1 Å². The number of pyridine rings is 1. The van der Waals surface area contributed by atoms with Gasteiger partial charge in [0.25, 0.3) is 0 Å². The van der Waals surface area contributed by atoms with Crippen LogP contribution in [0.3, 0.4) is 0 Å². The molecule has 2 aromatic heterocycles. The molecule has 0 unspecified atom stereocenters. The van der Waals surface area contributed by atoms with Gasteiger partial charge >= 0.3 is 0 Å². The van der Waals surface area contributed by atoms with E-state index in [-0.39, 0.29) is 5.78 Å². The Balaban J connectivity index is 2.10. The number of ketones is 1. The van der Waals surface area contributed by atoms with Crippen LogP contribution in [0.5, 0.6) is 0 Å². The molecule has 2 rings (SSSR count). The first-order valence-corrected chi connectivity index (χ1v) is 6.85. The summed E-state index contributed by atoms with van der Waals surface area (Å²) in [6.45, 7) is 1.50. The molecular formula is C11H12N4OS2. The van der Waals surface area contributed by atoms with E-state index in [4.69, 9.17) is 0 Å². The summed E-state index contributed by atoms with van der Waals surface area (Å²) in [5.41, 5.74) is 0.477. The summed E-state index contributed by atoms with van der Waals surface area (Å²) in [4.78, 5) is 18.1. The van der Waals surface area contributed by atoms with E-state index in [1.165, 1.54) is 30.0 Å². The molecule has 0 N–H and O–H groups in total. The van der Waals surface area contributed by atoms with Gasteiger partial charge in [-0.1, -0.05) is 23.1 Å². The number of carbonyl (C=O) groups excluding carboxylic acids is 1. The lowest BCUT2D eigenvalue weighted by molar-refractivity contribution is 0.101. The lowest BCUT2D eigenvalue weighted by Gasteiger charge is -2.03. The Morgan fingerprint density at radius 1 is 1.33 bits per heavy atom. The van der Waals surface area contributed by atoms with Crippen molar-refractivity contribution in [3.63, 3.8) is 0 Å². The zero-order valence-electron chi connectivity index (χ0n) is 10.2. The molecule has 0 amide bonds. The summed E-state index contributed by atoms with van der Waals surface area (Å²) in [5.74, 6) is -0.0302. The Bertz CT molecular complexity index is 550. The summed E-state index contributed by atoms with van der Waals surface area (Å²) in [6.07, 6.45) is 1.68. The average molecular weight is 280 g/mol. The molecule has 18 heavy (non-hydrogen) atoms. The Morgan fingerprint density at radius 3 is 2.61 bits per heavy atom. The SMILES string of the molecule is CC(=O)c1ccc(Sc2nnc(N(C)C)s2)cn1. The number of hydrogen-bond donors (Lipinski definition) is 0. The van der Waals surface area contributed by atoms with Crippen LogP contribution in [0.4, 0.5) is 5.13 Å². The molecule has 0 aliphatic heterocycles. The fourth-order valence-electron chi connectivity index (χ4n) is 1.17. The first-order valence-electron chi connectivity index (χ1n) is 5.22. The molecule has 0 aliphatic carbocycles. The predicted molar refractivity (Wildman–Crippen MR) is 72.6 cm³/mol. The zero-order valence-corrected chi connectivity index (χ0v) is 11.9. The van der Waals surface area contributed by atoms with E-state index in [0.717, 1.165) is 14.4 Å². The molecule has 0 spiro atoms. The minimum absolute atomic E-state index is 0.0302. The third-order valence-electron chi connectivity index (χ3n) is 2.08. The van der Waals surface area contributed by atoms with Crippen molar-refractivity contribution in [3.8, 4) is 0 Å². The summed E-state index contributed by atoms with van der Waals surface area (Å²) in [5, 5.41) is 9.01. The minimum Gasteiger partial charge on any atom is -0.353 e. The molecule has 0 atom stereocenters. The molecule has 0 radical (unpaired) electrons. The molecule has 0 bridgehead atoms. The van der Waals surface area contributed by atoms with E-state index < -0.39 is 0 Å². The lowest BCUT2D eigenvalue weighted by Crippen LogP contribution is -2.07. The van der Waals surface area contributed by atoms with E-state index in [1.807, 2.05) is 25.1 Å². The smallest absolute Gasteiger partial charge is 0.208 e. The van der Waals surface area contributed by atoms with E-state index in [9.17, 15) is 4.79 Å². The highest BCUT2D eigenvalue weighted by molar-refractivity contribution is 8.01. The molecule has 0 saturated heterocycles. The van der Waals surface area contributed by atoms with Gasteiger partial charge in [-0.2, -0.15) is 0 Å². The van der Waals surface area contributed by atoms with Crippen molar-refractivity contribution in [1.82, 2.24) is 15.2 Å². The second kappa shape index (κ2) is 5.45. The molecule has 0 aromatic carbocycles. The molecule has 2 aromatic rings. The van der Waals surface area contributed by atoms with Crippen LogP contribution in [0.1, 0.15) is 17.4 Å². The maximum atomic E-state index is 11.1. The molecular weight excluding hydrogens is 268 g/mol. The van der Waals surface area contributed by atoms with Crippen LogP contribution in [-0.2, 0) is 0 Å². The quantitative estimate of drug-likeness (QED) is 0.801. The molecule has 7 heteroatoms. The highest BCUT2D eigenvalue weighted by atomic mass is 32.2. The third kappa shape index (κ3) is 3.05. The number of aromatic nitrogens is 3. The van der Waals surface area contributed by atoms with Crippen molar-refractivity contribution in [2.75, 3.05) is 19.0 Å². The fourth-order valence-corrected chi connectivity index (χ4v) is 2.88. The van der Waals surface area contributed by atoms with Crippen LogP contribution < -0.4 is 4.90 Å². The van der Waals surface area contributed by atoms with Crippen molar-refractivity contribution in [2.24, 2.45) is 0 Å². The largest absolute Gasteiger partial charge is 0.353 e. The summed E-state index contributed by atoms with van der Waals surface area (Å²) in [7, 11) is 3.86. The Hall–Kier alpha value is -1.47. The van der Waals surface area contributed by atoms with Gasteiger partial charge < -0.3 is 4.90 Å². The molecule has 0 saturated carbocycles.